The summed E-state index contributed by atoms with van der Waals surface area (Å²) >= 11 is 0. The summed E-state index contributed by atoms with van der Waals surface area (Å²) < 4.78 is 2.36. The van der Waals surface area contributed by atoms with Crippen LogP contribution < -0.4 is 5.32 Å². The Morgan fingerprint density at radius 1 is 1.35 bits per heavy atom. The van der Waals surface area contributed by atoms with Crippen LogP contribution in [0.4, 0.5) is 0 Å². The fourth-order valence-electron chi connectivity index (χ4n) is 3.00. The fourth-order valence-corrected chi connectivity index (χ4v) is 3.00. The summed E-state index contributed by atoms with van der Waals surface area (Å²) in [5.41, 5.74) is 1.87. The van der Waals surface area contributed by atoms with Crippen molar-refractivity contribution in [2.75, 3.05) is 6.54 Å². The Morgan fingerprint density at radius 2 is 2.12 bits per heavy atom. The molecule has 0 aromatic carbocycles. The zero-order valence-electron chi connectivity index (χ0n) is 11.2. The van der Waals surface area contributed by atoms with Crippen molar-refractivity contribution >= 4 is 0 Å². The van der Waals surface area contributed by atoms with Crippen molar-refractivity contribution in [2.45, 2.75) is 59.0 Å². The van der Waals surface area contributed by atoms with E-state index >= 15 is 0 Å². The van der Waals surface area contributed by atoms with Gasteiger partial charge in [-0.25, -0.2) is 4.98 Å². The van der Waals surface area contributed by atoms with Gasteiger partial charge < -0.3 is 9.88 Å². The zero-order chi connectivity index (χ0) is 12.1. The molecule has 0 atom stereocenters. The van der Waals surface area contributed by atoms with Crippen LogP contribution in [-0.4, -0.2) is 16.1 Å². The summed E-state index contributed by atoms with van der Waals surface area (Å²) in [5.74, 6) is 0. The number of hydrogen-bond acceptors (Lipinski definition) is 2. The quantitative estimate of drug-likeness (QED) is 0.821. The molecule has 1 fully saturated rings. The minimum Gasteiger partial charge on any atom is -0.333 e. The highest BCUT2D eigenvalue weighted by Gasteiger charge is 2.32. The van der Waals surface area contributed by atoms with Crippen LogP contribution in [0.25, 0.3) is 0 Å². The van der Waals surface area contributed by atoms with E-state index < -0.39 is 0 Å². The monoisotopic (exact) mass is 235 g/mol. The lowest BCUT2D eigenvalue weighted by Gasteiger charge is -2.28. The molecule has 2 rings (SSSR count). The molecule has 1 aromatic heterocycles. The van der Waals surface area contributed by atoms with Crippen LogP contribution >= 0.6 is 0 Å². The molecule has 0 aliphatic heterocycles. The van der Waals surface area contributed by atoms with Gasteiger partial charge in [-0.15, -0.1) is 0 Å². The average Bonchev–Trinajstić information content (AvgIpc) is 2.97. The van der Waals surface area contributed by atoms with Gasteiger partial charge in [-0.1, -0.05) is 26.7 Å². The lowest BCUT2D eigenvalue weighted by atomic mass is 9.83. The fraction of sp³-hybridized carbons (Fsp3) is 0.786. The lowest BCUT2D eigenvalue weighted by molar-refractivity contribution is 0.234. The van der Waals surface area contributed by atoms with Gasteiger partial charge >= 0.3 is 0 Å². The number of aromatic nitrogens is 2. The maximum absolute atomic E-state index is 4.31. The third-order valence-electron chi connectivity index (χ3n) is 4.27. The topological polar surface area (TPSA) is 29.9 Å². The van der Waals surface area contributed by atoms with E-state index in [1.165, 1.54) is 37.8 Å². The third-order valence-corrected chi connectivity index (χ3v) is 4.27. The molecule has 1 aliphatic rings. The maximum Gasteiger partial charge on any atom is 0.0948 e. The Labute approximate surface area is 105 Å². The summed E-state index contributed by atoms with van der Waals surface area (Å²) in [6, 6.07) is 0. The Morgan fingerprint density at radius 3 is 2.76 bits per heavy atom. The Hall–Kier alpha value is -0.830. The first-order valence-electron chi connectivity index (χ1n) is 6.99. The van der Waals surface area contributed by atoms with Crippen LogP contribution in [0.15, 0.2) is 12.5 Å². The molecule has 1 aliphatic carbocycles. The molecule has 0 radical (unpaired) electrons. The van der Waals surface area contributed by atoms with Gasteiger partial charge in [-0.3, -0.25) is 0 Å². The lowest BCUT2D eigenvalue weighted by Crippen LogP contribution is -2.25. The van der Waals surface area contributed by atoms with Crippen LogP contribution in [0, 0.1) is 5.41 Å². The number of rotatable bonds is 6. The van der Waals surface area contributed by atoms with Gasteiger partial charge in [0.05, 0.1) is 12.0 Å². The molecule has 96 valence electrons. The van der Waals surface area contributed by atoms with Gasteiger partial charge in [0.1, 0.15) is 0 Å². The van der Waals surface area contributed by atoms with E-state index in [4.69, 9.17) is 0 Å². The molecule has 3 heteroatoms. The highest BCUT2D eigenvalue weighted by Crippen LogP contribution is 2.42. The molecule has 1 aromatic rings. The summed E-state index contributed by atoms with van der Waals surface area (Å²) in [6.07, 6.45) is 10.9. The molecule has 0 amide bonds. The highest BCUT2D eigenvalue weighted by atomic mass is 15.1. The first kappa shape index (κ1) is 12.6. The van der Waals surface area contributed by atoms with Gasteiger partial charge in [0.15, 0.2) is 0 Å². The molecule has 1 heterocycles. The first-order chi connectivity index (χ1) is 8.29. The first-order valence-corrected chi connectivity index (χ1v) is 6.99. The van der Waals surface area contributed by atoms with Crippen molar-refractivity contribution in [1.29, 1.82) is 0 Å². The Bertz CT molecular complexity index is 337. The van der Waals surface area contributed by atoms with E-state index in [-0.39, 0.29) is 0 Å². The van der Waals surface area contributed by atoms with Crippen molar-refractivity contribution in [3.05, 3.63) is 18.2 Å². The van der Waals surface area contributed by atoms with Crippen LogP contribution in [0.1, 0.15) is 51.6 Å². The number of nitrogens with zero attached hydrogens (tertiary/aromatic N) is 2. The highest BCUT2D eigenvalue weighted by molar-refractivity contribution is 5.00. The van der Waals surface area contributed by atoms with Crippen molar-refractivity contribution in [2.24, 2.45) is 5.41 Å². The number of hydrogen-bond donors (Lipinski definition) is 1. The van der Waals surface area contributed by atoms with Crippen molar-refractivity contribution < 1.29 is 0 Å². The maximum atomic E-state index is 4.31. The number of nitrogens with one attached hydrogen (secondary N) is 1. The van der Waals surface area contributed by atoms with Crippen molar-refractivity contribution in [3.8, 4) is 0 Å². The van der Waals surface area contributed by atoms with E-state index in [0.29, 0.717) is 5.41 Å². The Kier molecular flexibility index (Phi) is 4.21. The van der Waals surface area contributed by atoms with E-state index in [1.807, 2.05) is 12.5 Å². The van der Waals surface area contributed by atoms with Crippen LogP contribution in [-0.2, 0) is 13.1 Å². The molecule has 17 heavy (non-hydrogen) atoms. The SMILES string of the molecule is CCNCc1cncn1CC1(CC)CCCC1. The van der Waals surface area contributed by atoms with Gasteiger partial charge in [0.25, 0.3) is 0 Å². The minimum atomic E-state index is 0.543. The van der Waals surface area contributed by atoms with Crippen molar-refractivity contribution in [1.82, 2.24) is 14.9 Å². The second kappa shape index (κ2) is 5.67. The molecular weight excluding hydrogens is 210 g/mol. The summed E-state index contributed by atoms with van der Waals surface area (Å²) in [4.78, 5) is 4.31. The average molecular weight is 235 g/mol. The van der Waals surface area contributed by atoms with Crippen LogP contribution in [0.5, 0.6) is 0 Å². The second-order valence-electron chi connectivity index (χ2n) is 5.35. The second-order valence-corrected chi connectivity index (χ2v) is 5.35. The predicted molar refractivity (Wildman–Crippen MR) is 70.8 cm³/mol. The predicted octanol–water partition coefficient (Wildman–Crippen LogP) is 2.96. The summed E-state index contributed by atoms with van der Waals surface area (Å²) in [5, 5.41) is 3.39. The van der Waals surface area contributed by atoms with E-state index in [9.17, 15) is 0 Å². The molecule has 1 N–H and O–H groups in total. The minimum absolute atomic E-state index is 0.543. The molecule has 0 bridgehead atoms. The van der Waals surface area contributed by atoms with Crippen LogP contribution in [0.3, 0.4) is 0 Å². The summed E-state index contributed by atoms with van der Waals surface area (Å²) in [6.45, 7) is 7.60. The van der Waals surface area contributed by atoms with E-state index in [2.05, 4.69) is 28.7 Å². The smallest absolute Gasteiger partial charge is 0.0948 e. The normalized spacial score (nSPS) is 18.7. The van der Waals surface area contributed by atoms with Gasteiger partial charge in [0.2, 0.25) is 0 Å². The molecule has 0 unspecified atom stereocenters. The van der Waals surface area contributed by atoms with E-state index in [0.717, 1.165) is 19.6 Å². The molecule has 1 saturated carbocycles. The number of imidazole rings is 1. The van der Waals surface area contributed by atoms with Gasteiger partial charge in [0, 0.05) is 19.3 Å². The molecule has 0 saturated heterocycles. The molecule has 3 nitrogen and oxygen atoms in total. The Balaban J connectivity index is 2.04. The van der Waals surface area contributed by atoms with E-state index in [1.54, 1.807) is 0 Å². The van der Waals surface area contributed by atoms with Crippen molar-refractivity contribution in [3.63, 3.8) is 0 Å². The largest absolute Gasteiger partial charge is 0.333 e. The van der Waals surface area contributed by atoms with Gasteiger partial charge in [-0.2, -0.15) is 0 Å². The van der Waals surface area contributed by atoms with Gasteiger partial charge in [-0.05, 0) is 31.2 Å². The summed E-state index contributed by atoms with van der Waals surface area (Å²) in [7, 11) is 0. The van der Waals surface area contributed by atoms with Crippen LogP contribution in [0.2, 0.25) is 0 Å². The molecule has 0 spiro atoms. The molecular formula is C14H25N3. The zero-order valence-corrected chi connectivity index (χ0v) is 11.2. The third kappa shape index (κ3) is 2.89. The standard InChI is InChI=1S/C14H25N3/c1-3-14(7-5-6-8-14)11-17-12-16-10-13(17)9-15-4-2/h10,12,15H,3-9,11H2,1-2H3.